The first-order valence-corrected chi connectivity index (χ1v) is 7.58. The number of aromatic nitrogens is 1. The van der Waals surface area contributed by atoms with Crippen molar-refractivity contribution in [1.82, 2.24) is 4.98 Å². The third kappa shape index (κ3) is 2.73. The van der Waals surface area contributed by atoms with Crippen molar-refractivity contribution in [2.45, 2.75) is 6.42 Å². The van der Waals surface area contributed by atoms with Gasteiger partial charge in [-0.2, -0.15) is 0 Å². The summed E-state index contributed by atoms with van der Waals surface area (Å²) < 4.78 is 11.2. The number of anilines is 1. The topological polar surface area (TPSA) is 63.4 Å². The third-order valence-corrected chi connectivity index (χ3v) is 3.78. The lowest BCUT2D eigenvalue weighted by molar-refractivity contribution is 0.102. The zero-order valence-corrected chi connectivity index (χ0v) is 12.5. The van der Waals surface area contributed by atoms with Crippen molar-refractivity contribution >= 4 is 22.5 Å². The molecule has 116 valence electrons. The summed E-state index contributed by atoms with van der Waals surface area (Å²) in [5.74, 6) is 1.19. The summed E-state index contributed by atoms with van der Waals surface area (Å²) >= 11 is 0. The van der Waals surface area contributed by atoms with E-state index in [1.54, 1.807) is 6.07 Å². The zero-order chi connectivity index (χ0) is 15.6. The van der Waals surface area contributed by atoms with E-state index in [2.05, 4.69) is 10.3 Å². The Morgan fingerprint density at radius 2 is 1.83 bits per heavy atom. The zero-order valence-electron chi connectivity index (χ0n) is 12.5. The molecule has 3 aromatic rings. The fourth-order valence-electron chi connectivity index (χ4n) is 2.64. The highest BCUT2D eigenvalue weighted by atomic mass is 16.5. The maximum Gasteiger partial charge on any atom is 0.272 e. The molecule has 0 radical (unpaired) electrons. The maximum absolute atomic E-state index is 12.4. The summed E-state index contributed by atoms with van der Waals surface area (Å²) in [6, 6.07) is 15.1. The van der Waals surface area contributed by atoms with Gasteiger partial charge >= 0.3 is 0 Å². The summed E-state index contributed by atoms with van der Waals surface area (Å²) in [6.07, 6.45) is 0.853. The molecule has 0 aliphatic carbocycles. The Hall–Kier alpha value is -2.95. The van der Waals surface area contributed by atoms with Crippen molar-refractivity contribution in [3.8, 4) is 11.5 Å². The number of aromatic amines is 1. The fourth-order valence-corrected chi connectivity index (χ4v) is 2.64. The fraction of sp³-hybridized carbons (Fsp3) is 0.167. The normalized spacial score (nSPS) is 13.6. The molecule has 2 aromatic carbocycles. The summed E-state index contributed by atoms with van der Waals surface area (Å²) in [5.41, 5.74) is 2.15. The van der Waals surface area contributed by atoms with Gasteiger partial charge in [0.05, 0.1) is 13.2 Å². The van der Waals surface area contributed by atoms with Crippen LogP contribution in [0.1, 0.15) is 16.9 Å². The van der Waals surface area contributed by atoms with Gasteiger partial charge in [-0.15, -0.1) is 0 Å². The van der Waals surface area contributed by atoms with Gasteiger partial charge in [-0.05, 0) is 24.3 Å². The number of carbonyl (C=O) groups is 1. The van der Waals surface area contributed by atoms with Gasteiger partial charge in [0.25, 0.3) is 5.91 Å². The van der Waals surface area contributed by atoms with Crippen LogP contribution in [0.15, 0.2) is 48.5 Å². The second-order valence-corrected chi connectivity index (χ2v) is 5.44. The first kappa shape index (κ1) is 13.7. The minimum absolute atomic E-state index is 0.185. The molecule has 0 spiro atoms. The standard InChI is InChI=1S/C18H16N2O3/c21-18(15-10-12-4-1-2-5-14(12)20-15)19-13-6-7-16-17(11-13)23-9-3-8-22-16/h1-2,4-7,10-11,20H,3,8-9H2,(H,19,21). The highest BCUT2D eigenvalue weighted by Crippen LogP contribution is 2.32. The van der Waals surface area contributed by atoms with Crippen molar-refractivity contribution in [3.05, 3.63) is 54.2 Å². The molecule has 23 heavy (non-hydrogen) atoms. The molecule has 0 fully saturated rings. The van der Waals surface area contributed by atoms with E-state index in [-0.39, 0.29) is 5.91 Å². The molecular weight excluding hydrogens is 292 g/mol. The van der Waals surface area contributed by atoms with Crippen molar-refractivity contribution in [2.24, 2.45) is 0 Å². The molecule has 1 aliphatic rings. The molecule has 5 nitrogen and oxygen atoms in total. The number of carbonyl (C=O) groups excluding carboxylic acids is 1. The second-order valence-electron chi connectivity index (χ2n) is 5.44. The van der Waals surface area contributed by atoms with Crippen molar-refractivity contribution in [3.63, 3.8) is 0 Å². The number of nitrogens with one attached hydrogen (secondary N) is 2. The van der Waals surface area contributed by atoms with Crippen LogP contribution < -0.4 is 14.8 Å². The molecule has 0 bridgehead atoms. The lowest BCUT2D eigenvalue weighted by atomic mass is 10.2. The number of amides is 1. The lowest BCUT2D eigenvalue weighted by Gasteiger charge is -2.10. The Bertz CT molecular complexity index is 837. The maximum atomic E-state index is 12.4. The molecule has 4 rings (SSSR count). The van der Waals surface area contributed by atoms with Gasteiger partial charge < -0.3 is 19.8 Å². The Morgan fingerprint density at radius 3 is 2.70 bits per heavy atom. The molecule has 2 heterocycles. The Labute approximate surface area is 133 Å². The Balaban J connectivity index is 1.57. The highest BCUT2D eigenvalue weighted by molar-refractivity contribution is 6.06. The highest BCUT2D eigenvalue weighted by Gasteiger charge is 2.13. The number of benzene rings is 2. The number of ether oxygens (including phenoxy) is 2. The molecule has 0 unspecified atom stereocenters. The van der Waals surface area contributed by atoms with E-state index in [1.807, 2.05) is 42.5 Å². The summed E-state index contributed by atoms with van der Waals surface area (Å²) in [5, 5.41) is 3.89. The van der Waals surface area contributed by atoms with Crippen LogP contribution in [-0.2, 0) is 0 Å². The lowest BCUT2D eigenvalue weighted by Crippen LogP contribution is -2.12. The summed E-state index contributed by atoms with van der Waals surface area (Å²) in [6.45, 7) is 1.26. The number of hydrogen-bond donors (Lipinski definition) is 2. The summed E-state index contributed by atoms with van der Waals surface area (Å²) in [4.78, 5) is 15.5. The van der Waals surface area contributed by atoms with Crippen LogP contribution in [-0.4, -0.2) is 24.1 Å². The quantitative estimate of drug-likeness (QED) is 0.760. The minimum Gasteiger partial charge on any atom is -0.490 e. The largest absolute Gasteiger partial charge is 0.490 e. The number of para-hydroxylation sites is 1. The molecule has 0 saturated carbocycles. The van der Waals surface area contributed by atoms with Gasteiger partial charge in [-0.25, -0.2) is 0 Å². The van der Waals surface area contributed by atoms with Gasteiger partial charge in [0.2, 0.25) is 0 Å². The minimum atomic E-state index is -0.185. The molecule has 1 amide bonds. The van der Waals surface area contributed by atoms with Gasteiger partial charge in [0.1, 0.15) is 5.69 Å². The van der Waals surface area contributed by atoms with Gasteiger partial charge in [0.15, 0.2) is 11.5 Å². The second kappa shape index (κ2) is 5.68. The first-order valence-electron chi connectivity index (χ1n) is 7.58. The van der Waals surface area contributed by atoms with Crippen LogP contribution in [0.3, 0.4) is 0 Å². The van der Waals surface area contributed by atoms with Crippen molar-refractivity contribution in [1.29, 1.82) is 0 Å². The van der Waals surface area contributed by atoms with Gasteiger partial charge in [-0.3, -0.25) is 4.79 Å². The van der Waals surface area contributed by atoms with Gasteiger partial charge in [-0.1, -0.05) is 18.2 Å². The van der Waals surface area contributed by atoms with E-state index in [9.17, 15) is 4.79 Å². The van der Waals surface area contributed by atoms with Crippen LogP contribution in [0.4, 0.5) is 5.69 Å². The predicted octanol–water partition coefficient (Wildman–Crippen LogP) is 3.58. The Kier molecular flexibility index (Phi) is 3.38. The molecule has 0 atom stereocenters. The smallest absolute Gasteiger partial charge is 0.272 e. The number of rotatable bonds is 2. The number of fused-ring (bicyclic) bond motifs is 2. The number of H-pyrrole nitrogens is 1. The monoisotopic (exact) mass is 308 g/mol. The average Bonchev–Trinajstić information content (AvgIpc) is 2.87. The molecule has 1 aromatic heterocycles. The van der Waals surface area contributed by atoms with E-state index in [0.717, 1.165) is 17.3 Å². The first-order chi connectivity index (χ1) is 11.3. The predicted molar refractivity (Wildman–Crippen MR) is 88.3 cm³/mol. The van der Waals surface area contributed by atoms with E-state index in [0.29, 0.717) is 36.1 Å². The van der Waals surface area contributed by atoms with Crippen LogP contribution >= 0.6 is 0 Å². The Morgan fingerprint density at radius 1 is 1.00 bits per heavy atom. The molecule has 1 aliphatic heterocycles. The molecule has 5 heteroatoms. The van der Waals surface area contributed by atoms with E-state index in [1.165, 1.54) is 0 Å². The van der Waals surface area contributed by atoms with Crippen LogP contribution in [0.2, 0.25) is 0 Å². The summed E-state index contributed by atoms with van der Waals surface area (Å²) in [7, 11) is 0. The average molecular weight is 308 g/mol. The molecule has 2 N–H and O–H groups in total. The van der Waals surface area contributed by atoms with Gasteiger partial charge in [0, 0.05) is 29.1 Å². The molecular formula is C18H16N2O3. The van der Waals surface area contributed by atoms with Crippen molar-refractivity contribution in [2.75, 3.05) is 18.5 Å². The van der Waals surface area contributed by atoms with E-state index < -0.39 is 0 Å². The van der Waals surface area contributed by atoms with Crippen molar-refractivity contribution < 1.29 is 14.3 Å². The number of hydrogen-bond acceptors (Lipinski definition) is 3. The van der Waals surface area contributed by atoms with E-state index in [4.69, 9.17) is 9.47 Å². The SMILES string of the molecule is O=C(Nc1ccc2c(c1)OCCCO2)c1cc2ccccc2[nH]1. The van der Waals surface area contributed by atoms with E-state index >= 15 is 0 Å². The van der Waals surface area contributed by atoms with Crippen LogP contribution in [0, 0.1) is 0 Å². The van der Waals surface area contributed by atoms with Crippen LogP contribution in [0.5, 0.6) is 11.5 Å². The third-order valence-electron chi connectivity index (χ3n) is 3.78. The van der Waals surface area contributed by atoms with Crippen LogP contribution in [0.25, 0.3) is 10.9 Å². The molecule has 0 saturated heterocycles.